The molecule has 0 bridgehead atoms. The molecule has 6 heteroatoms. The molecule has 2 N–H and O–H groups in total. The van der Waals surface area contributed by atoms with E-state index in [9.17, 15) is 8.78 Å². The molecule has 0 fully saturated rings. The number of nitrogen functional groups attached to an aromatic ring is 1. The maximum absolute atomic E-state index is 12.4. The minimum atomic E-state index is -2.90. The quantitative estimate of drug-likeness (QED) is 0.912. The molecule has 106 valence electrons. The van der Waals surface area contributed by atoms with Gasteiger partial charge in [0.15, 0.2) is 5.82 Å². The normalized spacial score (nSPS) is 10.8. The van der Waals surface area contributed by atoms with E-state index in [1.54, 1.807) is 24.3 Å². The highest BCUT2D eigenvalue weighted by molar-refractivity contribution is 5.65. The van der Waals surface area contributed by atoms with Gasteiger partial charge in [-0.3, -0.25) is 0 Å². The Kier molecular flexibility index (Phi) is 4.45. The van der Waals surface area contributed by atoms with Crippen molar-refractivity contribution in [2.75, 3.05) is 5.73 Å². The Morgan fingerprint density at radius 2 is 2.00 bits per heavy atom. The van der Waals surface area contributed by atoms with Gasteiger partial charge in [0.25, 0.3) is 0 Å². The van der Waals surface area contributed by atoms with Crippen molar-refractivity contribution in [3.05, 3.63) is 36.0 Å². The molecule has 20 heavy (non-hydrogen) atoms. The number of rotatable bonds is 5. The van der Waals surface area contributed by atoms with E-state index in [0.29, 0.717) is 17.2 Å². The molecule has 0 atom stereocenters. The van der Waals surface area contributed by atoms with Crippen molar-refractivity contribution in [3.63, 3.8) is 0 Å². The second-order valence-corrected chi connectivity index (χ2v) is 4.23. The first-order chi connectivity index (χ1) is 9.60. The van der Waals surface area contributed by atoms with E-state index in [4.69, 9.17) is 5.73 Å². The van der Waals surface area contributed by atoms with Crippen LogP contribution in [0.1, 0.15) is 19.0 Å². The highest BCUT2D eigenvalue weighted by Crippen LogP contribution is 2.29. The van der Waals surface area contributed by atoms with Gasteiger partial charge in [-0.2, -0.15) is 8.78 Å². The van der Waals surface area contributed by atoms with Gasteiger partial charge in [0.2, 0.25) is 0 Å². The first-order valence-electron chi connectivity index (χ1n) is 6.27. The fraction of sp³-hybridized carbons (Fsp3) is 0.286. The molecule has 0 amide bonds. The van der Waals surface area contributed by atoms with Crippen LogP contribution in [0.15, 0.2) is 30.3 Å². The molecule has 1 heterocycles. The number of aryl methyl sites for hydroxylation is 1. The van der Waals surface area contributed by atoms with Gasteiger partial charge in [-0.15, -0.1) is 0 Å². The smallest absolute Gasteiger partial charge is 0.387 e. The minimum Gasteiger partial charge on any atom is -0.434 e. The van der Waals surface area contributed by atoms with E-state index < -0.39 is 6.61 Å². The van der Waals surface area contributed by atoms with Crippen LogP contribution in [0, 0.1) is 0 Å². The second kappa shape index (κ2) is 6.27. The summed E-state index contributed by atoms with van der Waals surface area (Å²) in [6.07, 6.45) is 1.66. The van der Waals surface area contributed by atoms with Crippen molar-refractivity contribution in [1.82, 2.24) is 9.97 Å². The van der Waals surface area contributed by atoms with Gasteiger partial charge in [0.05, 0.1) is 5.56 Å². The van der Waals surface area contributed by atoms with E-state index in [0.717, 1.165) is 18.5 Å². The average Bonchev–Trinajstić information content (AvgIpc) is 2.38. The fourth-order valence-corrected chi connectivity index (χ4v) is 1.87. The highest BCUT2D eigenvalue weighted by atomic mass is 19.3. The molecule has 1 aromatic carbocycles. The van der Waals surface area contributed by atoms with Crippen LogP contribution in [-0.2, 0) is 6.42 Å². The summed E-state index contributed by atoms with van der Waals surface area (Å²) in [4.78, 5) is 8.44. The van der Waals surface area contributed by atoms with Crippen LogP contribution in [0.5, 0.6) is 5.75 Å². The van der Waals surface area contributed by atoms with Gasteiger partial charge in [-0.05, 0) is 18.6 Å². The number of halogens is 2. The summed E-state index contributed by atoms with van der Waals surface area (Å²) in [5, 5.41) is 0. The molecule has 0 spiro atoms. The van der Waals surface area contributed by atoms with Crippen LogP contribution >= 0.6 is 0 Å². The topological polar surface area (TPSA) is 61.0 Å². The third kappa shape index (κ3) is 3.40. The van der Waals surface area contributed by atoms with Crippen LogP contribution in [0.2, 0.25) is 0 Å². The van der Waals surface area contributed by atoms with Gasteiger partial charge in [0, 0.05) is 11.8 Å². The lowest BCUT2D eigenvalue weighted by Crippen LogP contribution is -2.05. The van der Waals surface area contributed by atoms with Crippen LogP contribution in [-0.4, -0.2) is 16.6 Å². The van der Waals surface area contributed by atoms with Crippen LogP contribution < -0.4 is 10.5 Å². The molecule has 0 aliphatic heterocycles. The zero-order valence-corrected chi connectivity index (χ0v) is 11.0. The number of aromatic nitrogens is 2. The first kappa shape index (κ1) is 14.2. The Bertz CT molecular complexity index is 590. The predicted molar refractivity (Wildman–Crippen MR) is 72.5 cm³/mol. The zero-order valence-electron chi connectivity index (χ0n) is 11.0. The first-order valence-corrected chi connectivity index (χ1v) is 6.27. The van der Waals surface area contributed by atoms with Gasteiger partial charge in [0.1, 0.15) is 11.6 Å². The monoisotopic (exact) mass is 279 g/mol. The van der Waals surface area contributed by atoms with Gasteiger partial charge in [-0.25, -0.2) is 9.97 Å². The number of benzene rings is 1. The Morgan fingerprint density at radius 3 is 2.70 bits per heavy atom. The molecular weight excluding hydrogens is 264 g/mol. The van der Waals surface area contributed by atoms with Gasteiger partial charge in [-0.1, -0.05) is 25.5 Å². The van der Waals surface area contributed by atoms with E-state index in [1.165, 1.54) is 6.07 Å². The fourth-order valence-electron chi connectivity index (χ4n) is 1.87. The van der Waals surface area contributed by atoms with E-state index >= 15 is 0 Å². The molecule has 1 aromatic heterocycles. The molecular formula is C14H15F2N3O. The summed E-state index contributed by atoms with van der Waals surface area (Å²) in [6.45, 7) is -0.876. The van der Waals surface area contributed by atoms with Crippen molar-refractivity contribution >= 4 is 5.82 Å². The third-order valence-electron chi connectivity index (χ3n) is 2.65. The molecule has 0 saturated carbocycles. The summed E-state index contributed by atoms with van der Waals surface area (Å²) >= 11 is 0. The Balaban J connectivity index is 2.45. The van der Waals surface area contributed by atoms with Crippen LogP contribution in [0.25, 0.3) is 11.4 Å². The van der Waals surface area contributed by atoms with Crippen molar-refractivity contribution in [2.24, 2.45) is 0 Å². The second-order valence-electron chi connectivity index (χ2n) is 4.23. The lowest BCUT2D eigenvalue weighted by atomic mass is 10.1. The molecule has 0 unspecified atom stereocenters. The van der Waals surface area contributed by atoms with Crippen LogP contribution in [0.3, 0.4) is 0 Å². The maximum atomic E-state index is 12.4. The molecule has 0 aliphatic carbocycles. The number of ether oxygens (including phenoxy) is 1. The van der Waals surface area contributed by atoms with Gasteiger partial charge >= 0.3 is 6.61 Å². The van der Waals surface area contributed by atoms with Crippen molar-refractivity contribution in [2.45, 2.75) is 26.4 Å². The molecule has 2 rings (SSSR count). The Morgan fingerprint density at radius 1 is 1.25 bits per heavy atom. The van der Waals surface area contributed by atoms with E-state index in [-0.39, 0.29) is 5.75 Å². The summed E-state index contributed by atoms with van der Waals surface area (Å²) in [7, 11) is 0. The number of para-hydroxylation sites is 1. The summed E-state index contributed by atoms with van der Waals surface area (Å²) in [5.41, 5.74) is 6.92. The minimum absolute atomic E-state index is 0.0375. The number of hydrogen-bond acceptors (Lipinski definition) is 4. The van der Waals surface area contributed by atoms with Crippen molar-refractivity contribution in [1.29, 1.82) is 0 Å². The lowest BCUT2D eigenvalue weighted by Gasteiger charge is -2.10. The van der Waals surface area contributed by atoms with Crippen LogP contribution in [0.4, 0.5) is 14.6 Å². The summed E-state index contributed by atoms with van der Waals surface area (Å²) < 4.78 is 29.3. The van der Waals surface area contributed by atoms with E-state index in [2.05, 4.69) is 14.7 Å². The standard InChI is InChI=1S/C14H15F2N3O/c1-2-5-9-8-12(17)19-13(18-9)10-6-3-4-7-11(10)20-14(15)16/h3-4,6-8,14H,2,5H2,1H3,(H2,17,18,19). The molecule has 2 aromatic rings. The molecule has 4 nitrogen and oxygen atoms in total. The number of nitrogens with two attached hydrogens (primary N) is 1. The number of anilines is 1. The SMILES string of the molecule is CCCc1cc(N)nc(-c2ccccc2OC(F)F)n1. The van der Waals surface area contributed by atoms with E-state index in [1.807, 2.05) is 6.92 Å². The third-order valence-corrected chi connectivity index (χ3v) is 2.65. The zero-order chi connectivity index (χ0) is 14.5. The number of nitrogens with zero attached hydrogens (tertiary/aromatic N) is 2. The van der Waals surface area contributed by atoms with Crippen molar-refractivity contribution < 1.29 is 13.5 Å². The number of hydrogen-bond donors (Lipinski definition) is 1. The molecule has 0 saturated heterocycles. The highest BCUT2D eigenvalue weighted by Gasteiger charge is 2.13. The lowest BCUT2D eigenvalue weighted by molar-refractivity contribution is -0.0494. The largest absolute Gasteiger partial charge is 0.434 e. The van der Waals surface area contributed by atoms with Gasteiger partial charge < -0.3 is 10.5 Å². The van der Waals surface area contributed by atoms with Crippen molar-refractivity contribution in [3.8, 4) is 17.1 Å². The Labute approximate surface area is 115 Å². The maximum Gasteiger partial charge on any atom is 0.387 e. The summed E-state index contributed by atoms with van der Waals surface area (Å²) in [6, 6.07) is 8.08. The molecule has 0 radical (unpaired) electrons. The predicted octanol–water partition coefficient (Wildman–Crippen LogP) is 3.28. The Hall–Kier alpha value is -2.24. The molecule has 0 aliphatic rings. The number of alkyl halides is 2. The average molecular weight is 279 g/mol. The summed E-state index contributed by atoms with van der Waals surface area (Å²) in [5.74, 6) is 0.644.